The van der Waals surface area contributed by atoms with E-state index < -0.39 is 6.10 Å². The van der Waals surface area contributed by atoms with Crippen LogP contribution in [0.2, 0.25) is 0 Å². The van der Waals surface area contributed by atoms with Gasteiger partial charge in [-0.25, -0.2) is 0 Å². The third-order valence-electron chi connectivity index (χ3n) is 4.55. The SMILES string of the molecule is COc1cccc(C(O)C(=O)N2CCCCCC2c2ccco2)c1. The van der Waals surface area contributed by atoms with Gasteiger partial charge in [0.25, 0.3) is 5.91 Å². The molecule has 2 atom stereocenters. The van der Waals surface area contributed by atoms with Crippen LogP contribution in [0.25, 0.3) is 0 Å². The largest absolute Gasteiger partial charge is 0.497 e. The zero-order valence-corrected chi connectivity index (χ0v) is 13.9. The van der Waals surface area contributed by atoms with Crippen molar-refractivity contribution in [3.05, 3.63) is 54.0 Å². The monoisotopic (exact) mass is 329 g/mol. The van der Waals surface area contributed by atoms with Crippen LogP contribution in [-0.4, -0.2) is 29.6 Å². The van der Waals surface area contributed by atoms with E-state index >= 15 is 0 Å². The summed E-state index contributed by atoms with van der Waals surface area (Å²) in [4.78, 5) is 14.7. The minimum Gasteiger partial charge on any atom is -0.497 e. The van der Waals surface area contributed by atoms with Crippen molar-refractivity contribution in [2.24, 2.45) is 0 Å². The molecule has 3 rings (SSSR count). The molecule has 1 fully saturated rings. The molecule has 24 heavy (non-hydrogen) atoms. The molecule has 1 aromatic heterocycles. The topological polar surface area (TPSA) is 62.9 Å². The number of rotatable bonds is 4. The Bertz CT molecular complexity index is 668. The molecule has 1 aromatic carbocycles. The van der Waals surface area contributed by atoms with Gasteiger partial charge in [-0.05, 0) is 42.7 Å². The first-order valence-electron chi connectivity index (χ1n) is 8.36. The van der Waals surface area contributed by atoms with E-state index in [0.717, 1.165) is 31.4 Å². The third kappa shape index (κ3) is 3.46. The molecule has 1 N–H and O–H groups in total. The van der Waals surface area contributed by atoms with Gasteiger partial charge in [-0.15, -0.1) is 0 Å². The maximum absolute atomic E-state index is 12.9. The Morgan fingerprint density at radius 1 is 1.29 bits per heavy atom. The number of hydrogen-bond donors (Lipinski definition) is 1. The molecule has 2 aromatic rings. The highest BCUT2D eigenvalue weighted by atomic mass is 16.5. The number of ether oxygens (including phenoxy) is 1. The number of nitrogens with zero attached hydrogens (tertiary/aromatic N) is 1. The molecule has 2 heterocycles. The Balaban J connectivity index is 1.84. The fourth-order valence-electron chi connectivity index (χ4n) is 3.26. The summed E-state index contributed by atoms with van der Waals surface area (Å²) in [6, 6.07) is 10.6. The van der Waals surface area contributed by atoms with E-state index in [0.29, 0.717) is 17.9 Å². The lowest BCUT2D eigenvalue weighted by atomic mass is 10.0. The predicted molar refractivity (Wildman–Crippen MR) is 89.6 cm³/mol. The average molecular weight is 329 g/mol. The van der Waals surface area contributed by atoms with Crippen LogP contribution in [0.4, 0.5) is 0 Å². The zero-order chi connectivity index (χ0) is 16.9. The first kappa shape index (κ1) is 16.6. The molecule has 0 spiro atoms. The number of aliphatic hydroxyl groups is 1. The van der Waals surface area contributed by atoms with E-state index in [1.54, 1.807) is 42.5 Å². The van der Waals surface area contributed by atoms with Gasteiger partial charge in [-0.3, -0.25) is 4.79 Å². The fourth-order valence-corrected chi connectivity index (χ4v) is 3.26. The van der Waals surface area contributed by atoms with E-state index in [-0.39, 0.29) is 11.9 Å². The Hall–Kier alpha value is -2.27. The lowest BCUT2D eigenvalue weighted by molar-refractivity contribution is -0.143. The Morgan fingerprint density at radius 2 is 2.17 bits per heavy atom. The number of carbonyl (C=O) groups is 1. The van der Waals surface area contributed by atoms with Gasteiger partial charge in [0, 0.05) is 6.54 Å². The number of amides is 1. The number of carbonyl (C=O) groups excluding carboxylic acids is 1. The van der Waals surface area contributed by atoms with Crippen LogP contribution in [0.1, 0.15) is 49.2 Å². The Labute approximate surface area is 141 Å². The van der Waals surface area contributed by atoms with Gasteiger partial charge in [-0.1, -0.05) is 25.0 Å². The molecular formula is C19H23NO4. The normalized spacial score (nSPS) is 19.6. The highest BCUT2D eigenvalue weighted by Crippen LogP contribution is 2.33. The Morgan fingerprint density at radius 3 is 2.92 bits per heavy atom. The maximum Gasteiger partial charge on any atom is 0.256 e. The fraction of sp³-hybridized carbons (Fsp3) is 0.421. The first-order valence-corrected chi connectivity index (χ1v) is 8.36. The van der Waals surface area contributed by atoms with Gasteiger partial charge in [0.15, 0.2) is 6.10 Å². The van der Waals surface area contributed by atoms with Gasteiger partial charge in [0.2, 0.25) is 0 Å². The highest BCUT2D eigenvalue weighted by Gasteiger charge is 2.32. The van der Waals surface area contributed by atoms with E-state index in [4.69, 9.17) is 9.15 Å². The maximum atomic E-state index is 12.9. The van der Waals surface area contributed by atoms with Crippen molar-refractivity contribution >= 4 is 5.91 Å². The number of furan rings is 1. The van der Waals surface area contributed by atoms with Crippen molar-refractivity contribution in [3.63, 3.8) is 0 Å². The molecular weight excluding hydrogens is 306 g/mol. The molecule has 2 unspecified atom stereocenters. The second kappa shape index (κ2) is 7.53. The van der Waals surface area contributed by atoms with Crippen LogP contribution >= 0.6 is 0 Å². The standard InChI is InChI=1S/C19H23NO4/c1-23-15-8-5-7-14(13-15)18(21)19(22)20-11-4-2-3-9-16(20)17-10-6-12-24-17/h5-8,10,12-13,16,18,21H,2-4,9,11H2,1H3. The smallest absolute Gasteiger partial charge is 0.256 e. The molecule has 1 amide bonds. The molecule has 0 bridgehead atoms. The molecule has 0 radical (unpaired) electrons. The summed E-state index contributed by atoms with van der Waals surface area (Å²) in [6.45, 7) is 0.630. The molecule has 1 aliphatic rings. The number of aliphatic hydroxyl groups excluding tert-OH is 1. The summed E-state index contributed by atoms with van der Waals surface area (Å²) in [5.41, 5.74) is 0.543. The number of benzene rings is 1. The van der Waals surface area contributed by atoms with Crippen molar-refractivity contribution in [3.8, 4) is 5.75 Å². The van der Waals surface area contributed by atoms with Crippen molar-refractivity contribution in [2.45, 2.75) is 37.8 Å². The van der Waals surface area contributed by atoms with Crippen LogP contribution in [0.15, 0.2) is 47.1 Å². The molecule has 0 saturated carbocycles. The summed E-state index contributed by atoms with van der Waals surface area (Å²) in [5.74, 6) is 1.12. The van der Waals surface area contributed by atoms with E-state index in [1.807, 2.05) is 12.1 Å². The van der Waals surface area contributed by atoms with Gasteiger partial charge in [-0.2, -0.15) is 0 Å². The lowest BCUT2D eigenvalue weighted by Gasteiger charge is -2.30. The Kier molecular flexibility index (Phi) is 5.20. The van der Waals surface area contributed by atoms with Gasteiger partial charge >= 0.3 is 0 Å². The van der Waals surface area contributed by atoms with E-state index in [9.17, 15) is 9.90 Å². The molecule has 1 aliphatic heterocycles. The van der Waals surface area contributed by atoms with Gasteiger partial charge in [0.1, 0.15) is 11.5 Å². The predicted octanol–water partition coefficient (Wildman–Crippen LogP) is 3.47. The van der Waals surface area contributed by atoms with Crippen LogP contribution in [0.3, 0.4) is 0 Å². The summed E-state index contributed by atoms with van der Waals surface area (Å²) < 4.78 is 10.7. The molecule has 1 saturated heterocycles. The van der Waals surface area contributed by atoms with Crippen molar-refractivity contribution in [1.29, 1.82) is 0 Å². The van der Waals surface area contributed by atoms with Crippen LogP contribution < -0.4 is 4.74 Å². The van der Waals surface area contributed by atoms with Gasteiger partial charge in [0.05, 0.1) is 19.4 Å². The number of likely N-dealkylation sites (tertiary alicyclic amines) is 1. The first-order chi connectivity index (χ1) is 11.7. The number of methoxy groups -OCH3 is 1. The zero-order valence-electron chi connectivity index (χ0n) is 13.9. The van der Waals surface area contributed by atoms with Crippen LogP contribution in [0.5, 0.6) is 5.75 Å². The summed E-state index contributed by atoms with van der Waals surface area (Å²) in [5, 5.41) is 10.6. The highest BCUT2D eigenvalue weighted by molar-refractivity contribution is 5.82. The van der Waals surface area contributed by atoms with E-state index in [2.05, 4.69) is 0 Å². The molecule has 5 heteroatoms. The molecule has 5 nitrogen and oxygen atoms in total. The van der Waals surface area contributed by atoms with Crippen LogP contribution in [-0.2, 0) is 4.79 Å². The molecule has 0 aliphatic carbocycles. The quantitative estimate of drug-likeness (QED) is 0.933. The van der Waals surface area contributed by atoms with Crippen molar-refractivity contribution in [1.82, 2.24) is 4.90 Å². The summed E-state index contributed by atoms with van der Waals surface area (Å²) in [6.07, 6.45) is 4.34. The third-order valence-corrected chi connectivity index (χ3v) is 4.55. The number of hydrogen-bond acceptors (Lipinski definition) is 4. The second-order valence-corrected chi connectivity index (χ2v) is 6.09. The van der Waals surface area contributed by atoms with Crippen LogP contribution in [0, 0.1) is 0 Å². The average Bonchev–Trinajstić information content (AvgIpc) is 3.05. The van der Waals surface area contributed by atoms with Crippen molar-refractivity contribution < 1.29 is 19.1 Å². The minimum absolute atomic E-state index is 0.116. The summed E-state index contributed by atoms with van der Waals surface area (Å²) >= 11 is 0. The second-order valence-electron chi connectivity index (χ2n) is 6.09. The van der Waals surface area contributed by atoms with E-state index in [1.165, 1.54) is 0 Å². The summed E-state index contributed by atoms with van der Waals surface area (Å²) in [7, 11) is 1.56. The lowest BCUT2D eigenvalue weighted by Crippen LogP contribution is -2.38. The minimum atomic E-state index is -1.20. The molecule has 128 valence electrons. The van der Waals surface area contributed by atoms with Crippen molar-refractivity contribution in [2.75, 3.05) is 13.7 Å². The van der Waals surface area contributed by atoms with Gasteiger partial charge < -0.3 is 19.2 Å².